The molecule has 3 aromatic carbocycles. The fourth-order valence-electron chi connectivity index (χ4n) is 3.22. The molecule has 0 spiro atoms. The predicted molar refractivity (Wildman–Crippen MR) is 132 cm³/mol. The van der Waals surface area contributed by atoms with E-state index in [1.807, 2.05) is 25.1 Å². The van der Waals surface area contributed by atoms with Gasteiger partial charge in [-0.05, 0) is 67.2 Å². The lowest BCUT2D eigenvalue weighted by Gasteiger charge is -2.14. The summed E-state index contributed by atoms with van der Waals surface area (Å²) in [6.45, 7) is 1.93. The number of carbonyl (C=O) groups excluding carboxylic acids is 1. The molecule has 33 heavy (non-hydrogen) atoms. The zero-order chi connectivity index (χ0) is 23.5. The molecule has 2 N–H and O–H groups in total. The molecule has 0 unspecified atom stereocenters. The molecule has 1 amide bonds. The van der Waals surface area contributed by atoms with Gasteiger partial charge in [0.15, 0.2) is 10.7 Å². The highest BCUT2D eigenvalue weighted by Crippen LogP contribution is 2.29. The number of hydrogen-bond donors (Lipinski definition) is 2. The lowest BCUT2D eigenvalue weighted by Crippen LogP contribution is -2.34. The van der Waals surface area contributed by atoms with Crippen LogP contribution in [0.15, 0.2) is 59.0 Å². The lowest BCUT2D eigenvalue weighted by molar-refractivity contribution is 0.0974. The molecule has 9 heteroatoms. The Kier molecular flexibility index (Phi) is 6.48. The van der Waals surface area contributed by atoms with Crippen LogP contribution in [0.3, 0.4) is 0 Å². The lowest BCUT2D eigenvalue weighted by atomic mass is 10.1. The normalized spacial score (nSPS) is 10.7. The fourth-order valence-corrected chi connectivity index (χ4v) is 3.59. The predicted octanol–water partition coefficient (Wildman–Crippen LogP) is 5.60. The Morgan fingerprint density at radius 1 is 1.06 bits per heavy atom. The Hall–Kier alpha value is -3.62. The van der Waals surface area contributed by atoms with E-state index in [2.05, 4.69) is 15.6 Å². The van der Waals surface area contributed by atoms with Crippen LogP contribution >= 0.6 is 23.8 Å². The van der Waals surface area contributed by atoms with Gasteiger partial charge in [-0.15, -0.1) is 0 Å². The topological polar surface area (TPSA) is 85.6 Å². The minimum absolute atomic E-state index is 0.141. The summed E-state index contributed by atoms with van der Waals surface area (Å²) in [5, 5.41) is 6.47. The molecule has 4 aromatic rings. The molecule has 0 atom stereocenters. The van der Waals surface area contributed by atoms with E-state index in [-0.39, 0.29) is 5.11 Å². The van der Waals surface area contributed by atoms with E-state index in [1.165, 1.54) is 7.11 Å². The smallest absolute Gasteiger partial charge is 0.261 e. The molecule has 1 heterocycles. The third-order valence-electron chi connectivity index (χ3n) is 4.96. The van der Waals surface area contributed by atoms with Crippen molar-refractivity contribution in [1.82, 2.24) is 10.3 Å². The van der Waals surface area contributed by atoms with Gasteiger partial charge in [0.05, 0.1) is 19.8 Å². The molecule has 0 aliphatic rings. The zero-order valence-corrected chi connectivity index (χ0v) is 19.6. The zero-order valence-electron chi connectivity index (χ0n) is 18.1. The van der Waals surface area contributed by atoms with Crippen LogP contribution in [0.2, 0.25) is 5.02 Å². The van der Waals surface area contributed by atoms with E-state index in [9.17, 15) is 4.79 Å². The monoisotopic (exact) mass is 481 g/mol. The molecule has 1 aromatic heterocycles. The summed E-state index contributed by atoms with van der Waals surface area (Å²) >= 11 is 11.4. The number of thiocarbonyl (C=S) groups is 1. The minimum atomic E-state index is -0.406. The SMILES string of the molecule is COc1ccc(C(=O)NC(=S)Nc2cc(-c3nc4cc(Cl)ccc4o3)ccc2C)c(OC)c1. The average molecular weight is 482 g/mol. The van der Waals surface area contributed by atoms with Crippen molar-refractivity contribution in [2.24, 2.45) is 0 Å². The van der Waals surface area contributed by atoms with Crippen LogP contribution in [-0.4, -0.2) is 30.2 Å². The van der Waals surface area contributed by atoms with E-state index < -0.39 is 5.91 Å². The Morgan fingerprint density at radius 2 is 1.88 bits per heavy atom. The van der Waals surface area contributed by atoms with Crippen molar-refractivity contribution in [3.63, 3.8) is 0 Å². The molecular weight excluding hydrogens is 462 g/mol. The van der Waals surface area contributed by atoms with E-state index in [4.69, 9.17) is 37.7 Å². The largest absolute Gasteiger partial charge is 0.497 e. The number of anilines is 1. The Balaban J connectivity index is 1.53. The number of oxazole rings is 1. The molecule has 0 radical (unpaired) electrons. The summed E-state index contributed by atoms with van der Waals surface area (Å²) in [5.41, 5.74) is 4.03. The summed E-state index contributed by atoms with van der Waals surface area (Å²) in [6, 6.07) is 15.9. The van der Waals surface area contributed by atoms with Crippen LogP contribution in [-0.2, 0) is 0 Å². The van der Waals surface area contributed by atoms with Gasteiger partial charge in [-0.1, -0.05) is 17.7 Å². The van der Waals surface area contributed by atoms with Gasteiger partial charge in [-0.3, -0.25) is 10.1 Å². The third kappa shape index (κ3) is 4.92. The number of aromatic nitrogens is 1. The van der Waals surface area contributed by atoms with Gasteiger partial charge in [0.1, 0.15) is 17.0 Å². The quantitative estimate of drug-likeness (QED) is 0.359. The van der Waals surface area contributed by atoms with Gasteiger partial charge >= 0.3 is 0 Å². The summed E-state index contributed by atoms with van der Waals surface area (Å²) in [5.74, 6) is 1.01. The molecular formula is C24H20ClN3O4S. The molecule has 7 nitrogen and oxygen atoms in total. The highest BCUT2D eigenvalue weighted by atomic mass is 35.5. The van der Waals surface area contributed by atoms with Gasteiger partial charge in [0.2, 0.25) is 5.89 Å². The number of hydrogen-bond acceptors (Lipinski definition) is 6. The summed E-state index contributed by atoms with van der Waals surface area (Å²) in [7, 11) is 3.02. The van der Waals surface area contributed by atoms with Crippen molar-refractivity contribution in [3.05, 3.63) is 70.7 Å². The molecule has 0 fully saturated rings. The summed E-state index contributed by atoms with van der Waals surface area (Å²) in [4.78, 5) is 17.2. The van der Waals surface area contributed by atoms with Crippen LogP contribution in [0.4, 0.5) is 5.69 Å². The molecule has 0 aliphatic carbocycles. The van der Waals surface area contributed by atoms with E-state index in [0.29, 0.717) is 44.8 Å². The maximum atomic E-state index is 12.7. The van der Waals surface area contributed by atoms with E-state index in [1.54, 1.807) is 43.5 Å². The number of amides is 1. The van der Waals surface area contributed by atoms with Gasteiger partial charge in [-0.25, -0.2) is 4.98 Å². The minimum Gasteiger partial charge on any atom is -0.497 e. The van der Waals surface area contributed by atoms with E-state index >= 15 is 0 Å². The second kappa shape index (κ2) is 9.48. The van der Waals surface area contributed by atoms with Gasteiger partial charge in [0.25, 0.3) is 5.91 Å². The maximum absolute atomic E-state index is 12.7. The van der Waals surface area contributed by atoms with Gasteiger partial charge in [-0.2, -0.15) is 0 Å². The highest BCUT2D eigenvalue weighted by Gasteiger charge is 2.16. The van der Waals surface area contributed by atoms with E-state index in [0.717, 1.165) is 11.1 Å². The number of ether oxygens (including phenoxy) is 2. The summed E-state index contributed by atoms with van der Waals surface area (Å²) in [6.07, 6.45) is 0. The van der Waals surface area contributed by atoms with Gasteiger partial charge in [0, 0.05) is 22.3 Å². The number of halogens is 1. The number of rotatable bonds is 5. The number of nitrogens with zero attached hydrogens (tertiary/aromatic N) is 1. The highest BCUT2D eigenvalue weighted by molar-refractivity contribution is 7.80. The number of benzene rings is 3. The summed E-state index contributed by atoms with van der Waals surface area (Å²) < 4.78 is 16.3. The number of nitrogens with one attached hydrogen (secondary N) is 2. The van der Waals surface area contributed by atoms with Crippen LogP contribution in [0.25, 0.3) is 22.6 Å². The Bertz CT molecular complexity index is 1370. The fraction of sp³-hybridized carbons (Fsp3) is 0.125. The molecule has 0 bridgehead atoms. The van der Waals surface area contributed by atoms with Crippen molar-refractivity contribution in [2.45, 2.75) is 6.92 Å². The first-order valence-corrected chi connectivity index (χ1v) is 10.7. The van der Waals surface area contributed by atoms with Crippen molar-refractivity contribution >= 4 is 51.6 Å². The molecule has 0 aliphatic heterocycles. The van der Waals surface area contributed by atoms with Crippen molar-refractivity contribution < 1.29 is 18.7 Å². The number of aryl methyl sites for hydroxylation is 1. The first-order chi connectivity index (χ1) is 15.9. The van der Waals surface area contributed by atoms with Crippen LogP contribution in [0, 0.1) is 6.92 Å². The number of methoxy groups -OCH3 is 2. The molecule has 0 saturated carbocycles. The van der Waals surface area contributed by atoms with Gasteiger partial charge < -0.3 is 19.2 Å². The molecule has 4 rings (SSSR count). The third-order valence-corrected chi connectivity index (χ3v) is 5.40. The maximum Gasteiger partial charge on any atom is 0.261 e. The van der Waals surface area contributed by atoms with Crippen LogP contribution in [0.5, 0.6) is 11.5 Å². The standard InChI is InChI=1S/C24H20ClN3O4S/c1-13-4-5-14(23-26-19-11-15(25)6-9-20(19)32-23)10-18(13)27-24(33)28-22(29)17-8-7-16(30-2)12-21(17)31-3/h4-12H,1-3H3,(H2,27,28,29,33). The van der Waals surface area contributed by atoms with Crippen molar-refractivity contribution in [2.75, 3.05) is 19.5 Å². The first-order valence-electron chi connectivity index (χ1n) is 9.89. The van der Waals surface area contributed by atoms with Crippen molar-refractivity contribution in [3.8, 4) is 23.0 Å². The molecule has 168 valence electrons. The second-order valence-corrected chi connectivity index (χ2v) is 7.98. The van der Waals surface area contributed by atoms with Crippen LogP contribution in [0.1, 0.15) is 15.9 Å². The number of carbonyl (C=O) groups is 1. The Morgan fingerprint density at radius 3 is 2.64 bits per heavy atom. The Labute approximate surface area is 200 Å². The molecule has 0 saturated heterocycles. The van der Waals surface area contributed by atoms with Crippen molar-refractivity contribution in [1.29, 1.82) is 0 Å². The average Bonchev–Trinajstić information content (AvgIpc) is 3.23. The first kappa shape index (κ1) is 22.6. The number of fused-ring (bicyclic) bond motifs is 1. The van der Waals surface area contributed by atoms with Crippen LogP contribution < -0.4 is 20.1 Å². The second-order valence-electron chi connectivity index (χ2n) is 7.14.